The number of carbonyl (C=O) groups is 1. The quantitative estimate of drug-likeness (QED) is 0.831. The normalized spacial score (nSPS) is 10.0. The number of rotatable bonds is 5. The predicted molar refractivity (Wildman–Crippen MR) is 84.4 cm³/mol. The second-order valence-electron chi connectivity index (χ2n) is 4.28. The molecule has 1 amide bonds. The lowest BCUT2D eigenvalue weighted by Crippen LogP contribution is -2.13. The Morgan fingerprint density at radius 2 is 2.00 bits per heavy atom. The average Bonchev–Trinajstić information content (AvgIpc) is 2.48. The van der Waals surface area contributed by atoms with Crippen LogP contribution < -0.4 is 15.4 Å². The fourth-order valence-corrected chi connectivity index (χ4v) is 1.99. The molecule has 0 saturated carbocycles. The van der Waals surface area contributed by atoms with Crippen LogP contribution in [0.3, 0.4) is 0 Å². The first-order valence-corrected chi connectivity index (χ1v) is 6.87. The smallest absolute Gasteiger partial charge is 0.255 e. The van der Waals surface area contributed by atoms with Gasteiger partial charge in [-0.1, -0.05) is 11.6 Å². The highest BCUT2D eigenvalue weighted by Crippen LogP contribution is 2.18. The third-order valence-electron chi connectivity index (χ3n) is 2.76. The lowest BCUT2D eigenvalue weighted by molar-refractivity contribution is 0.102. The predicted octanol–water partition coefficient (Wildman–Crippen LogP) is 3.43. The van der Waals surface area contributed by atoms with Crippen molar-refractivity contribution in [3.8, 4) is 5.75 Å². The monoisotopic (exact) mass is 305 g/mol. The molecule has 0 aliphatic rings. The highest BCUT2D eigenvalue weighted by atomic mass is 35.5. The van der Waals surface area contributed by atoms with Crippen molar-refractivity contribution in [3.05, 3.63) is 47.1 Å². The Balaban J connectivity index is 2.15. The van der Waals surface area contributed by atoms with Gasteiger partial charge in [-0.25, -0.2) is 4.98 Å². The van der Waals surface area contributed by atoms with Crippen molar-refractivity contribution in [2.75, 3.05) is 24.3 Å². The minimum Gasteiger partial charge on any atom is -0.497 e. The first-order chi connectivity index (χ1) is 10.1. The van der Waals surface area contributed by atoms with Gasteiger partial charge in [0.05, 0.1) is 7.11 Å². The van der Waals surface area contributed by atoms with Crippen LogP contribution in [0.5, 0.6) is 5.75 Å². The molecule has 5 nitrogen and oxygen atoms in total. The minimum absolute atomic E-state index is 0.247. The Hall–Kier alpha value is -2.27. The summed E-state index contributed by atoms with van der Waals surface area (Å²) in [6.07, 6.45) is 0. The number of nitrogens with zero attached hydrogens (tertiary/aromatic N) is 1. The van der Waals surface area contributed by atoms with Gasteiger partial charge in [-0.2, -0.15) is 0 Å². The lowest BCUT2D eigenvalue weighted by atomic mass is 10.2. The van der Waals surface area contributed by atoms with Crippen molar-refractivity contribution in [1.29, 1.82) is 0 Å². The standard InChI is InChI=1S/C15H16ClN3O2/c1-3-17-14-9-10(8-13(16)19-14)15(20)18-11-4-6-12(21-2)7-5-11/h4-9H,3H2,1-2H3,(H,17,19)(H,18,20). The molecule has 110 valence electrons. The van der Waals surface area contributed by atoms with E-state index in [1.807, 2.05) is 6.92 Å². The van der Waals surface area contributed by atoms with Crippen molar-refractivity contribution in [2.24, 2.45) is 0 Å². The molecular formula is C15H16ClN3O2. The van der Waals surface area contributed by atoms with E-state index in [4.69, 9.17) is 16.3 Å². The van der Waals surface area contributed by atoms with Crippen LogP contribution in [0.4, 0.5) is 11.5 Å². The molecule has 0 spiro atoms. The van der Waals surface area contributed by atoms with Gasteiger partial charge in [0.1, 0.15) is 16.7 Å². The fraction of sp³-hybridized carbons (Fsp3) is 0.200. The third kappa shape index (κ3) is 4.10. The van der Waals surface area contributed by atoms with Gasteiger partial charge in [0.2, 0.25) is 0 Å². The summed E-state index contributed by atoms with van der Waals surface area (Å²) in [7, 11) is 1.59. The molecule has 0 fully saturated rings. The largest absolute Gasteiger partial charge is 0.497 e. The minimum atomic E-state index is -0.247. The summed E-state index contributed by atoms with van der Waals surface area (Å²) in [5, 5.41) is 6.10. The van der Waals surface area contributed by atoms with E-state index in [2.05, 4.69) is 15.6 Å². The summed E-state index contributed by atoms with van der Waals surface area (Å²) in [6, 6.07) is 10.3. The van der Waals surface area contributed by atoms with Crippen LogP contribution in [0.15, 0.2) is 36.4 Å². The highest BCUT2D eigenvalue weighted by molar-refractivity contribution is 6.30. The van der Waals surface area contributed by atoms with E-state index in [0.717, 1.165) is 5.75 Å². The van der Waals surface area contributed by atoms with Gasteiger partial charge >= 0.3 is 0 Å². The SMILES string of the molecule is CCNc1cc(C(=O)Nc2ccc(OC)cc2)cc(Cl)n1. The molecule has 0 aliphatic heterocycles. The van der Waals surface area contributed by atoms with E-state index in [-0.39, 0.29) is 11.1 Å². The van der Waals surface area contributed by atoms with Crippen molar-refractivity contribution < 1.29 is 9.53 Å². The molecule has 1 aromatic carbocycles. The molecule has 2 N–H and O–H groups in total. The van der Waals surface area contributed by atoms with Crippen LogP contribution in [0, 0.1) is 0 Å². The number of aromatic nitrogens is 1. The number of halogens is 1. The number of benzene rings is 1. The van der Waals surface area contributed by atoms with Crippen LogP contribution in [-0.4, -0.2) is 24.5 Å². The van der Waals surface area contributed by atoms with E-state index in [9.17, 15) is 4.79 Å². The molecule has 21 heavy (non-hydrogen) atoms. The summed E-state index contributed by atoms with van der Waals surface area (Å²) < 4.78 is 5.07. The Bertz CT molecular complexity index is 629. The maximum atomic E-state index is 12.2. The van der Waals surface area contributed by atoms with Gasteiger partial charge in [-0.3, -0.25) is 4.79 Å². The van der Waals surface area contributed by atoms with Gasteiger partial charge in [-0.05, 0) is 43.3 Å². The number of anilines is 2. The summed E-state index contributed by atoms with van der Waals surface area (Å²) in [5.41, 5.74) is 1.13. The van der Waals surface area contributed by atoms with E-state index >= 15 is 0 Å². The van der Waals surface area contributed by atoms with Gasteiger partial charge in [-0.15, -0.1) is 0 Å². The number of methoxy groups -OCH3 is 1. The highest BCUT2D eigenvalue weighted by Gasteiger charge is 2.09. The van der Waals surface area contributed by atoms with E-state index in [0.29, 0.717) is 23.6 Å². The van der Waals surface area contributed by atoms with Crippen molar-refractivity contribution in [2.45, 2.75) is 6.92 Å². The Morgan fingerprint density at radius 1 is 1.29 bits per heavy atom. The second kappa shape index (κ2) is 6.95. The molecule has 2 rings (SSSR count). The number of pyridine rings is 1. The van der Waals surface area contributed by atoms with Crippen LogP contribution in [0.25, 0.3) is 0 Å². The van der Waals surface area contributed by atoms with Crippen LogP contribution in [0.2, 0.25) is 5.15 Å². The molecule has 1 aromatic heterocycles. The van der Waals surface area contributed by atoms with Crippen LogP contribution in [-0.2, 0) is 0 Å². The Morgan fingerprint density at radius 3 is 2.62 bits per heavy atom. The third-order valence-corrected chi connectivity index (χ3v) is 2.96. The second-order valence-corrected chi connectivity index (χ2v) is 4.66. The summed E-state index contributed by atoms with van der Waals surface area (Å²) in [5.74, 6) is 1.06. The zero-order chi connectivity index (χ0) is 15.2. The van der Waals surface area contributed by atoms with E-state index < -0.39 is 0 Å². The van der Waals surface area contributed by atoms with Crippen LogP contribution in [0.1, 0.15) is 17.3 Å². The van der Waals surface area contributed by atoms with Gasteiger partial charge in [0.25, 0.3) is 5.91 Å². The molecule has 0 radical (unpaired) electrons. The maximum Gasteiger partial charge on any atom is 0.255 e. The fourth-order valence-electron chi connectivity index (χ4n) is 1.78. The topological polar surface area (TPSA) is 63.2 Å². The number of amides is 1. The molecule has 6 heteroatoms. The molecular weight excluding hydrogens is 290 g/mol. The number of carbonyl (C=O) groups excluding carboxylic acids is 1. The number of hydrogen-bond acceptors (Lipinski definition) is 4. The molecule has 0 aliphatic carbocycles. The van der Waals surface area contributed by atoms with E-state index in [1.165, 1.54) is 6.07 Å². The molecule has 1 heterocycles. The van der Waals surface area contributed by atoms with Crippen molar-refractivity contribution >= 4 is 29.0 Å². The number of ether oxygens (including phenoxy) is 1. The first kappa shape index (κ1) is 15.1. The first-order valence-electron chi connectivity index (χ1n) is 6.49. The van der Waals surface area contributed by atoms with Crippen molar-refractivity contribution in [3.63, 3.8) is 0 Å². The molecule has 0 bridgehead atoms. The Labute approximate surface area is 128 Å². The Kier molecular flexibility index (Phi) is 5.00. The zero-order valence-electron chi connectivity index (χ0n) is 11.8. The van der Waals surface area contributed by atoms with Gasteiger partial charge in [0, 0.05) is 17.8 Å². The molecule has 2 aromatic rings. The van der Waals surface area contributed by atoms with Crippen molar-refractivity contribution in [1.82, 2.24) is 4.98 Å². The summed E-state index contributed by atoms with van der Waals surface area (Å²) in [4.78, 5) is 16.3. The average molecular weight is 306 g/mol. The molecule has 0 unspecified atom stereocenters. The van der Waals surface area contributed by atoms with E-state index in [1.54, 1.807) is 37.4 Å². The number of hydrogen-bond donors (Lipinski definition) is 2. The number of nitrogens with one attached hydrogen (secondary N) is 2. The van der Waals surface area contributed by atoms with Gasteiger partial charge < -0.3 is 15.4 Å². The summed E-state index contributed by atoms with van der Waals surface area (Å²) >= 11 is 5.92. The molecule has 0 atom stereocenters. The van der Waals surface area contributed by atoms with Crippen LogP contribution >= 0.6 is 11.6 Å². The van der Waals surface area contributed by atoms with Gasteiger partial charge in [0.15, 0.2) is 0 Å². The molecule has 0 saturated heterocycles. The lowest BCUT2D eigenvalue weighted by Gasteiger charge is -2.08. The summed E-state index contributed by atoms with van der Waals surface area (Å²) in [6.45, 7) is 2.65. The zero-order valence-corrected chi connectivity index (χ0v) is 12.6. The maximum absolute atomic E-state index is 12.2.